The molecule has 0 radical (unpaired) electrons. The molecule has 10 heavy (non-hydrogen) atoms. The molecule has 0 bridgehead atoms. The molecule has 0 aliphatic heterocycles. The quantitative estimate of drug-likeness (QED) is 0.328. The smallest absolute Gasteiger partial charge is 0.328 e. The first-order valence-electron chi connectivity index (χ1n) is 1.13. The third kappa shape index (κ3) is 2870. The van der Waals surface area contributed by atoms with Crippen LogP contribution in [0.25, 0.3) is 0 Å². The molecular formula is H2AgCaN2O6+3. The fourth-order valence-corrected chi connectivity index (χ4v) is 0. The van der Waals surface area contributed by atoms with Gasteiger partial charge in [-0.05, 0) is 0 Å². The van der Waals surface area contributed by atoms with Gasteiger partial charge in [0.1, 0.15) is 0 Å². The average Bonchev–Trinajstić information content (AvgIpc) is 1.25. The first kappa shape index (κ1) is 22.4. The normalized spacial score (nSPS) is 4.80. The summed E-state index contributed by atoms with van der Waals surface area (Å²) in [6.07, 6.45) is 0. The molecule has 0 spiro atoms. The first-order valence-corrected chi connectivity index (χ1v) is 1.13. The van der Waals surface area contributed by atoms with E-state index in [2.05, 4.69) is 0 Å². The number of hydrogen-bond donors (Lipinski definition) is 2. The van der Waals surface area contributed by atoms with E-state index in [0.29, 0.717) is 0 Å². The van der Waals surface area contributed by atoms with Crippen molar-refractivity contribution in [2.24, 2.45) is 0 Å². The van der Waals surface area contributed by atoms with Crippen LogP contribution >= 0.6 is 0 Å². The topological polar surface area (TPSA) is 127 Å². The van der Waals surface area contributed by atoms with Gasteiger partial charge >= 0.3 is 60.1 Å². The second-order valence-electron chi connectivity index (χ2n) is 0.476. The average molecular weight is 274 g/mol. The molecule has 0 aliphatic carbocycles. The Balaban J connectivity index is -0.0000000300. The van der Waals surface area contributed by atoms with Gasteiger partial charge in [0.25, 0.3) is 10.2 Å². The Morgan fingerprint density at radius 3 is 1.00 bits per heavy atom. The molecule has 8 nitrogen and oxygen atoms in total. The molecule has 0 aromatic heterocycles. The van der Waals surface area contributed by atoms with Crippen molar-refractivity contribution in [1.29, 1.82) is 0 Å². The molecule has 0 rings (SSSR count). The van der Waals surface area contributed by atoms with Crippen LogP contribution in [0.5, 0.6) is 0 Å². The fourth-order valence-electron chi connectivity index (χ4n) is 0. The van der Waals surface area contributed by atoms with E-state index in [4.69, 9.17) is 30.6 Å². The minimum atomic E-state index is -1.50. The Morgan fingerprint density at radius 2 is 1.00 bits per heavy atom. The molecule has 0 aromatic rings. The molecule has 0 aliphatic rings. The maximum Gasteiger partial charge on any atom is 2.00 e. The van der Waals surface area contributed by atoms with Crippen molar-refractivity contribution in [3.63, 3.8) is 0 Å². The summed E-state index contributed by atoms with van der Waals surface area (Å²) in [4.78, 5) is 16.7. The number of rotatable bonds is 0. The van der Waals surface area contributed by atoms with Crippen molar-refractivity contribution in [3.8, 4) is 0 Å². The zero-order valence-electron chi connectivity index (χ0n) is 4.43. The standard InChI is InChI=1S/Ag.Ca.2HNO3/c;;2*2-1(3)4/h;;2*(H,2,3,4)/q+1;+2;;. The predicted molar refractivity (Wildman–Crippen MR) is 23.3 cm³/mol. The summed E-state index contributed by atoms with van der Waals surface area (Å²) in [5.74, 6) is 0. The molecular weight excluding hydrogens is 272 g/mol. The molecule has 0 unspecified atom stereocenters. The first-order chi connectivity index (χ1) is 3.46. The van der Waals surface area contributed by atoms with E-state index in [9.17, 15) is 0 Å². The maximum absolute atomic E-state index is 8.36. The van der Waals surface area contributed by atoms with Crippen LogP contribution in [0.2, 0.25) is 0 Å². The summed E-state index contributed by atoms with van der Waals surface area (Å²) in [6, 6.07) is 0. The van der Waals surface area contributed by atoms with Crippen molar-refractivity contribution < 1.29 is 43.0 Å². The zero-order valence-corrected chi connectivity index (χ0v) is 8.12. The zero-order chi connectivity index (χ0) is 7.15. The van der Waals surface area contributed by atoms with Crippen LogP contribution < -0.4 is 0 Å². The van der Waals surface area contributed by atoms with Gasteiger partial charge in [-0.15, -0.1) is 20.2 Å². The molecule has 0 saturated heterocycles. The second-order valence-corrected chi connectivity index (χ2v) is 0.476. The van der Waals surface area contributed by atoms with E-state index in [-0.39, 0.29) is 60.1 Å². The van der Waals surface area contributed by atoms with Gasteiger partial charge in [0.05, 0.1) is 0 Å². The van der Waals surface area contributed by atoms with E-state index in [1.807, 2.05) is 0 Å². The van der Waals surface area contributed by atoms with Crippen molar-refractivity contribution >= 4 is 37.7 Å². The monoisotopic (exact) mass is 273 g/mol. The SMILES string of the molecule is O=[N+]([O-])O.O=[N+]([O-])O.[Ag+].[Ca+2]. The molecule has 2 N–H and O–H groups in total. The van der Waals surface area contributed by atoms with Crippen LogP contribution in [0.15, 0.2) is 0 Å². The fraction of sp³-hybridized carbons (Fsp3) is 0. The summed E-state index contributed by atoms with van der Waals surface area (Å²) in [5.41, 5.74) is 0. The summed E-state index contributed by atoms with van der Waals surface area (Å²) < 4.78 is 0. The van der Waals surface area contributed by atoms with Gasteiger partial charge in [0, 0.05) is 0 Å². The van der Waals surface area contributed by atoms with Crippen LogP contribution in [0.1, 0.15) is 0 Å². The van der Waals surface area contributed by atoms with Gasteiger partial charge in [-0.3, -0.25) is 0 Å². The molecule has 0 atom stereocenters. The van der Waals surface area contributed by atoms with Crippen LogP contribution in [0.3, 0.4) is 0 Å². The Labute approximate surface area is 99.9 Å². The van der Waals surface area contributed by atoms with Gasteiger partial charge in [-0.25, -0.2) is 0 Å². The van der Waals surface area contributed by atoms with Crippen LogP contribution in [0.4, 0.5) is 0 Å². The van der Waals surface area contributed by atoms with Gasteiger partial charge in [0.2, 0.25) is 0 Å². The molecule has 0 heterocycles. The summed E-state index contributed by atoms with van der Waals surface area (Å²) >= 11 is 0. The second kappa shape index (κ2) is 16.2. The summed E-state index contributed by atoms with van der Waals surface area (Å²) in [5, 5.41) is 27.3. The Bertz CT molecular complexity index is 73.7. The van der Waals surface area contributed by atoms with E-state index in [1.165, 1.54) is 0 Å². The van der Waals surface area contributed by atoms with Crippen molar-refractivity contribution in [3.05, 3.63) is 20.2 Å². The Hall–Kier alpha value is 0.400. The summed E-state index contributed by atoms with van der Waals surface area (Å²) in [7, 11) is 0. The largest absolute Gasteiger partial charge is 2.00 e. The molecule has 10 heteroatoms. The minimum Gasteiger partial charge on any atom is -0.328 e. The molecule has 0 fully saturated rings. The van der Waals surface area contributed by atoms with Gasteiger partial charge in [-0.1, -0.05) is 0 Å². The van der Waals surface area contributed by atoms with E-state index in [0.717, 1.165) is 0 Å². The van der Waals surface area contributed by atoms with E-state index >= 15 is 0 Å². The van der Waals surface area contributed by atoms with E-state index in [1.54, 1.807) is 0 Å². The van der Waals surface area contributed by atoms with Gasteiger partial charge in [-0.2, -0.15) is 0 Å². The summed E-state index contributed by atoms with van der Waals surface area (Å²) in [6.45, 7) is 0. The van der Waals surface area contributed by atoms with Crippen molar-refractivity contribution in [1.82, 2.24) is 0 Å². The molecule has 58 valence electrons. The van der Waals surface area contributed by atoms with Crippen LogP contribution in [-0.2, 0) is 22.4 Å². The molecule has 0 saturated carbocycles. The Morgan fingerprint density at radius 1 is 1.00 bits per heavy atom. The van der Waals surface area contributed by atoms with Crippen molar-refractivity contribution in [2.75, 3.05) is 0 Å². The predicted octanol–water partition coefficient (Wildman–Crippen LogP) is -1.08. The minimum absolute atomic E-state index is 0. The molecule has 0 amide bonds. The third-order valence-electron chi connectivity index (χ3n) is 0. The van der Waals surface area contributed by atoms with Crippen molar-refractivity contribution in [2.45, 2.75) is 0 Å². The third-order valence-corrected chi connectivity index (χ3v) is 0. The van der Waals surface area contributed by atoms with Crippen LogP contribution in [-0.4, -0.2) is 58.3 Å². The van der Waals surface area contributed by atoms with Gasteiger partial charge in [0.15, 0.2) is 0 Å². The Kier molecular flexibility index (Phi) is 36.3. The maximum atomic E-state index is 8.36. The number of hydrogen-bond acceptors (Lipinski definition) is 4. The van der Waals surface area contributed by atoms with E-state index < -0.39 is 10.2 Å². The number of nitrogens with zero attached hydrogens (tertiary/aromatic N) is 2. The van der Waals surface area contributed by atoms with Crippen LogP contribution in [0, 0.1) is 20.2 Å². The molecule has 0 aromatic carbocycles. The van der Waals surface area contributed by atoms with Gasteiger partial charge < -0.3 is 10.4 Å².